The molecule has 0 fully saturated rings. The number of ether oxygens (including phenoxy) is 1. The van der Waals surface area contributed by atoms with Crippen molar-refractivity contribution in [3.05, 3.63) is 95.6 Å². The number of hydrogen-bond donors (Lipinski definition) is 1. The van der Waals surface area contributed by atoms with Gasteiger partial charge in [-0.2, -0.15) is 0 Å². The molecule has 0 saturated heterocycles. The van der Waals surface area contributed by atoms with Gasteiger partial charge in [-0.05, 0) is 23.8 Å². The van der Waals surface area contributed by atoms with Gasteiger partial charge in [0.25, 0.3) is 5.91 Å². The Kier molecular flexibility index (Phi) is 6.99. The standard InChI is InChI=1S/C23H21N3O2.C2H6/c1-28-18-13-11-16(12-14-18)15-26-20-10-6-5-9-19(20)21(25-22(24)23(26)27)17-7-3-2-4-8-17;1-2/h2-14,22H,15,24H2,1H3;1-2H3. The summed E-state index contributed by atoms with van der Waals surface area (Å²) < 4.78 is 5.22. The second-order valence-electron chi connectivity index (χ2n) is 6.58. The van der Waals surface area contributed by atoms with Gasteiger partial charge in [-0.1, -0.05) is 74.5 Å². The van der Waals surface area contributed by atoms with E-state index in [0.29, 0.717) is 6.54 Å². The van der Waals surface area contributed by atoms with Crippen molar-refractivity contribution in [3.63, 3.8) is 0 Å². The highest BCUT2D eigenvalue weighted by Gasteiger charge is 2.29. The Morgan fingerprint density at radius 3 is 2.23 bits per heavy atom. The molecule has 0 aromatic heterocycles. The van der Waals surface area contributed by atoms with E-state index in [0.717, 1.165) is 33.8 Å². The molecule has 0 radical (unpaired) electrons. The average Bonchev–Trinajstić information content (AvgIpc) is 2.92. The monoisotopic (exact) mass is 401 g/mol. The largest absolute Gasteiger partial charge is 0.497 e. The molecule has 1 aliphatic rings. The Balaban J connectivity index is 0.00000124. The quantitative estimate of drug-likeness (QED) is 0.705. The number of para-hydroxylation sites is 1. The first-order valence-corrected chi connectivity index (χ1v) is 10.1. The molecule has 1 amide bonds. The molecule has 0 spiro atoms. The van der Waals surface area contributed by atoms with Crippen LogP contribution in [0.5, 0.6) is 5.75 Å². The minimum Gasteiger partial charge on any atom is -0.497 e. The minimum atomic E-state index is -0.958. The Labute approximate surface area is 177 Å². The van der Waals surface area contributed by atoms with Crippen molar-refractivity contribution in [2.24, 2.45) is 10.7 Å². The van der Waals surface area contributed by atoms with E-state index in [1.807, 2.05) is 92.7 Å². The number of amides is 1. The molecule has 1 heterocycles. The predicted octanol–water partition coefficient (Wildman–Crippen LogP) is 4.39. The molecule has 4 rings (SSSR count). The number of aliphatic imine (C=N–C) groups is 1. The fourth-order valence-electron chi connectivity index (χ4n) is 3.35. The van der Waals surface area contributed by atoms with E-state index < -0.39 is 6.17 Å². The number of carbonyl (C=O) groups is 1. The summed E-state index contributed by atoms with van der Waals surface area (Å²) >= 11 is 0. The van der Waals surface area contributed by atoms with Crippen molar-refractivity contribution < 1.29 is 9.53 Å². The first-order valence-electron chi connectivity index (χ1n) is 10.1. The number of benzene rings is 3. The average molecular weight is 402 g/mol. The lowest BCUT2D eigenvalue weighted by atomic mass is 10.00. The fourth-order valence-corrected chi connectivity index (χ4v) is 3.35. The minimum absolute atomic E-state index is 0.228. The topological polar surface area (TPSA) is 67.9 Å². The highest BCUT2D eigenvalue weighted by atomic mass is 16.5. The third kappa shape index (κ3) is 4.42. The van der Waals surface area contributed by atoms with E-state index >= 15 is 0 Å². The molecule has 30 heavy (non-hydrogen) atoms. The molecule has 3 aromatic rings. The Hall–Kier alpha value is -3.44. The molecule has 1 unspecified atom stereocenters. The fraction of sp³-hybridized carbons (Fsp3) is 0.200. The third-order valence-corrected chi connectivity index (χ3v) is 4.78. The van der Waals surface area contributed by atoms with E-state index in [1.54, 1.807) is 12.0 Å². The van der Waals surface area contributed by atoms with Crippen LogP contribution in [0.25, 0.3) is 0 Å². The van der Waals surface area contributed by atoms with Crippen LogP contribution in [0.1, 0.15) is 30.5 Å². The maximum absolute atomic E-state index is 13.1. The normalized spacial score (nSPS) is 15.3. The highest BCUT2D eigenvalue weighted by Crippen LogP contribution is 2.29. The van der Waals surface area contributed by atoms with Crippen molar-refractivity contribution in [1.82, 2.24) is 0 Å². The van der Waals surface area contributed by atoms with Gasteiger partial charge in [0.2, 0.25) is 0 Å². The van der Waals surface area contributed by atoms with Crippen molar-refractivity contribution in [1.29, 1.82) is 0 Å². The second-order valence-corrected chi connectivity index (χ2v) is 6.58. The maximum Gasteiger partial charge on any atom is 0.266 e. The van der Waals surface area contributed by atoms with Crippen LogP contribution in [0, 0.1) is 0 Å². The zero-order valence-corrected chi connectivity index (χ0v) is 17.6. The van der Waals surface area contributed by atoms with Crippen molar-refractivity contribution in [2.75, 3.05) is 12.0 Å². The third-order valence-electron chi connectivity index (χ3n) is 4.78. The van der Waals surface area contributed by atoms with Crippen LogP contribution < -0.4 is 15.4 Å². The highest BCUT2D eigenvalue weighted by molar-refractivity contribution is 6.20. The van der Waals surface area contributed by atoms with Gasteiger partial charge in [-0.25, -0.2) is 0 Å². The zero-order chi connectivity index (χ0) is 21.5. The number of fused-ring (bicyclic) bond motifs is 1. The molecule has 2 N–H and O–H groups in total. The molecule has 5 nitrogen and oxygen atoms in total. The van der Waals surface area contributed by atoms with Gasteiger partial charge in [0.1, 0.15) is 5.75 Å². The Bertz CT molecular complexity index is 1010. The Morgan fingerprint density at radius 1 is 0.933 bits per heavy atom. The molecule has 5 heteroatoms. The number of benzodiazepines with no additional fused rings is 1. The summed E-state index contributed by atoms with van der Waals surface area (Å²) in [6, 6.07) is 25.3. The lowest BCUT2D eigenvalue weighted by Crippen LogP contribution is -2.41. The zero-order valence-electron chi connectivity index (χ0n) is 17.6. The van der Waals surface area contributed by atoms with Crippen molar-refractivity contribution in [2.45, 2.75) is 26.6 Å². The van der Waals surface area contributed by atoms with Crippen LogP contribution in [0.3, 0.4) is 0 Å². The molecule has 0 bridgehead atoms. The number of hydrogen-bond acceptors (Lipinski definition) is 4. The lowest BCUT2D eigenvalue weighted by molar-refractivity contribution is -0.119. The van der Waals surface area contributed by atoms with Crippen LogP contribution in [-0.2, 0) is 11.3 Å². The number of nitrogens with two attached hydrogens (primary N) is 1. The SMILES string of the molecule is CC.COc1ccc(CN2C(=O)C(N)N=C(c3ccccc3)c3ccccc32)cc1. The number of rotatable bonds is 4. The molecule has 3 aromatic carbocycles. The summed E-state index contributed by atoms with van der Waals surface area (Å²) in [7, 11) is 1.63. The van der Waals surface area contributed by atoms with E-state index in [4.69, 9.17) is 10.5 Å². The van der Waals surface area contributed by atoms with Crippen molar-refractivity contribution in [3.8, 4) is 5.75 Å². The van der Waals surface area contributed by atoms with E-state index in [9.17, 15) is 4.79 Å². The summed E-state index contributed by atoms with van der Waals surface area (Å²) in [6.07, 6.45) is -0.958. The van der Waals surface area contributed by atoms with Crippen LogP contribution in [0.15, 0.2) is 83.9 Å². The maximum atomic E-state index is 13.1. The first-order chi connectivity index (χ1) is 14.7. The van der Waals surface area contributed by atoms with E-state index in [1.165, 1.54) is 0 Å². The lowest BCUT2D eigenvalue weighted by Gasteiger charge is -2.24. The van der Waals surface area contributed by atoms with Gasteiger partial charge in [0, 0.05) is 11.1 Å². The van der Waals surface area contributed by atoms with Gasteiger partial charge in [0.05, 0.1) is 25.1 Å². The van der Waals surface area contributed by atoms with Gasteiger partial charge >= 0.3 is 0 Å². The van der Waals surface area contributed by atoms with Gasteiger partial charge in [-0.3, -0.25) is 9.79 Å². The van der Waals surface area contributed by atoms with Gasteiger partial charge in [-0.15, -0.1) is 0 Å². The smallest absolute Gasteiger partial charge is 0.266 e. The molecule has 154 valence electrons. The first kappa shape index (κ1) is 21.3. The van der Waals surface area contributed by atoms with Crippen LogP contribution in [0.4, 0.5) is 5.69 Å². The number of nitrogens with zero attached hydrogens (tertiary/aromatic N) is 2. The molecule has 0 saturated carbocycles. The van der Waals surface area contributed by atoms with Crippen LogP contribution in [0.2, 0.25) is 0 Å². The predicted molar refractivity (Wildman–Crippen MR) is 122 cm³/mol. The number of anilines is 1. The van der Waals surface area contributed by atoms with Crippen LogP contribution >= 0.6 is 0 Å². The molecule has 0 aliphatic carbocycles. The summed E-state index contributed by atoms with van der Waals surface area (Å²) in [5.74, 6) is 0.548. The molecule has 1 aliphatic heterocycles. The summed E-state index contributed by atoms with van der Waals surface area (Å²) in [4.78, 5) is 19.4. The molecular formula is C25H27N3O2. The van der Waals surface area contributed by atoms with E-state index in [2.05, 4.69) is 4.99 Å². The van der Waals surface area contributed by atoms with Gasteiger partial charge in [0.15, 0.2) is 6.17 Å². The Morgan fingerprint density at radius 2 is 1.57 bits per heavy atom. The summed E-state index contributed by atoms with van der Waals surface area (Å²) in [6.45, 7) is 4.41. The van der Waals surface area contributed by atoms with Crippen LogP contribution in [-0.4, -0.2) is 24.9 Å². The number of carbonyl (C=O) groups excluding carboxylic acids is 1. The molecular weight excluding hydrogens is 374 g/mol. The molecule has 1 atom stereocenters. The summed E-state index contributed by atoms with van der Waals surface area (Å²) in [5.41, 5.74) is 10.5. The van der Waals surface area contributed by atoms with E-state index in [-0.39, 0.29) is 5.91 Å². The second kappa shape index (κ2) is 9.85. The number of methoxy groups -OCH3 is 1. The summed E-state index contributed by atoms with van der Waals surface area (Å²) in [5, 5.41) is 0. The van der Waals surface area contributed by atoms with Gasteiger partial charge < -0.3 is 15.4 Å². The van der Waals surface area contributed by atoms with Crippen molar-refractivity contribution >= 4 is 17.3 Å².